The maximum Gasteiger partial charge on any atom is 0.220 e. The van der Waals surface area contributed by atoms with E-state index in [-0.39, 0.29) is 5.91 Å². The van der Waals surface area contributed by atoms with Crippen molar-refractivity contribution < 1.29 is 4.79 Å². The molecule has 0 atom stereocenters. The van der Waals surface area contributed by atoms with Crippen molar-refractivity contribution in [2.24, 2.45) is 0 Å². The highest BCUT2D eigenvalue weighted by Crippen LogP contribution is 2.19. The Kier molecular flexibility index (Phi) is 6.83. The molecule has 0 heterocycles. The molecule has 0 unspecified atom stereocenters. The average Bonchev–Trinajstić information content (AvgIpc) is 2.36. The summed E-state index contributed by atoms with van der Waals surface area (Å²) in [7, 11) is 1.67. The first-order valence-electron chi connectivity index (χ1n) is 6.27. The first-order chi connectivity index (χ1) is 8.61. The lowest BCUT2D eigenvalue weighted by molar-refractivity contribution is -0.120. The molecule has 100 valence electrons. The van der Waals surface area contributed by atoms with Gasteiger partial charge in [-0.3, -0.25) is 4.79 Å². The fraction of sp³-hybridized carbons (Fsp3) is 0.500. The van der Waals surface area contributed by atoms with Gasteiger partial charge in [-0.15, -0.1) is 11.8 Å². The lowest BCUT2D eigenvalue weighted by Gasteiger charge is -2.09. The van der Waals surface area contributed by atoms with Crippen LogP contribution in [0.1, 0.15) is 25.8 Å². The number of amides is 1. The van der Waals surface area contributed by atoms with Gasteiger partial charge in [0.1, 0.15) is 0 Å². The summed E-state index contributed by atoms with van der Waals surface area (Å²) in [5, 5.41) is 6.03. The van der Waals surface area contributed by atoms with Crippen molar-refractivity contribution in [2.45, 2.75) is 37.8 Å². The van der Waals surface area contributed by atoms with Crippen LogP contribution in [-0.4, -0.2) is 24.7 Å². The first-order valence-corrected chi connectivity index (χ1v) is 7.26. The molecule has 0 bridgehead atoms. The van der Waals surface area contributed by atoms with Crippen molar-refractivity contribution in [1.29, 1.82) is 0 Å². The van der Waals surface area contributed by atoms with Gasteiger partial charge in [-0.05, 0) is 17.7 Å². The normalized spacial score (nSPS) is 10.7. The number of carbonyl (C=O) groups is 1. The third-order valence-corrected chi connectivity index (χ3v) is 3.49. The van der Waals surface area contributed by atoms with Crippen LogP contribution in [0.5, 0.6) is 0 Å². The Bertz CT molecular complexity index is 380. The van der Waals surface area contributed by atoms with E-state index in [4.69, 9.17) is 0 Å². The van der Waals surface area contributed by atoms with E-state index in [1.807, 2.05) is 0 Å². The van der Waals surface area contributed by atoms with Gasteiger partial charge in [0.15, 0.2) is 0 Å². The summed E-state index contributed by atoms with van der Waals surface area (Å²) in [6.07, 6.45) is 0.565. The third-order valence-electron chi connectivity index (χ3n) is 2.49. The molecule has 0 aromatic heterocycles. The van der Waals surface area contributed by atoms with E-state index in [0.29, 0.717) is 12.5 Å². The van der Waals surface area contributed by atoms with Crippen molar-refractivity contribution in [3.05, 3.63) is 29.8 Å². The van der Waals surface area contributed by atoms with Crippen LogP contribution in [0.2, 0.25) is 0 Å². The van der Waals surface area contributed by atoms with Crippen LogP contribution in [0, 0.1) is 0 Å². The second-order valence-electron chi connectivity index (χ2n) is 4.45. The number of hydrogen-bond acceptors (Lipinski definition) is 3. The molecule has 1 rings (SSSR count). The van der Waals surface area contributed by atoms with Gasteiger partial charge in [0.25, 0.3) is 0 Å². The fourth-order valence-electron chi connectivity index (χ4n) is 1.45. The molecule has 18 heavy (non-hydrogen) atoms. The number of rotatable bonds is 7. The van der Waals surface area contributed by atoms with Crippen LogP contribution < -0.4 is 10.6 Å². The third kappa shape index (κ3) is 6.07. The van der Waals surface area contributed by atoms with Gasteiger partial charge in [-0.25, -0.2) is 0 Å². The van der Waals surface area contributed by atoms with Crippen LogP contribution in [0.15, 0.2) is 29.2 Å². The molecule has 0 aliphatic heterocycles. The summed E-state index contributed by atoms with van der Waals surface area (Å²) in [5.41, 5.74) is 1.29. The maximum absolute atomic E-state index is 11.1. The topological polar surface area (TPSA) is 41.1 Å². The minimum atomic E-state index is 0.0973. The zero-order valence-corrected chi connectivity index (χ0v) is 12.1. The first kappa shape index (κ1) is 15.1. The fourth-order valence-corrected chi connectivity index (χ4v) is 2.39. The van der Waals surface area contributed by atoms with Crippen molar-refractivity contribution in [2.75, 3.05) is 12.8 Å². The molecule has 2 N–H and O–H groups in total. The molecule has 4 heteroatoms. The van der Waals surface area contributed by atoms with Gasteiger partial charge in [0.05, 0.1) is 0 Å². The number of nitrogens with one attached hydrogen (secondary N) is 2. The molecular weight excluding hydrogens is 244 g/mol. The molecule has 1 aromatic carbocycles. The molecule has 0 fully saturated rings. The molecule has 0 saturated heterocycles. The molecule has 0 spiro atoms. The Balaban J connectivity index is 2.41. The number of hydrogen-bond donors (Lipinski definition) is 2. The van der Waals surface area contributed by atoms with Gasteiger partial charge in [0, 0.05) is 36.7 Å². The number of carbonyl (C=O) groups excluding carboxylic acids is 1. The molecule has 1 amide bonds. The Morgan fingerprint density at radius 3 is 2.83 bits per heavy atom. The highest BCUT2D eigenvalue weighted by molar-refractivity contribution is 7.99. The highest BCUT2D eigenvalue weighted by atomic mass is 32.2. The predicted molar refractivity (Wildman–Crippen MR) is 77.8 cm³/mol. The summed E-state index contributed by atoms with van der Waals surface area (Å²) in [4.78, 5) is 12.3. The Hall–Kier alpha value is -1.00. The summed E-state index contributed by atoms with van der Waals surface area (Å²) in [5.74, 6) is 0.918. The largest absolute Gasteiger partial charge is 0.359 e. The standard InChI is InChI=1S/C14H22N2OS/c1-11(2)16-10-12-5-4-6-13(9-12)18-8-7-14(17)15-3/h4-6,9,11,16H,7-8,10H2,1-3H3,(H,15,17). The van der Waals surface area contributed by atoms with Crippen LogP contribution in [0.25, 0.3) is 0 Å². The van der Waals surface area contributed by atoms with Gasteiger partial charge >= 0.3 is 0 Å². The quantitative estimate of drug-likeness (QED) is 0.745. The van der Waals surface area contributed by atoms with Crippen LogP contribution >= 0.6 is 11.8 Å². The average molecular weight is 266 g/mol. The van der Waals surface area contributed by atoms with Gasteiger partial charge in [-0.1, -0.05) is 26.0 Å². The number of benzene rings is 1. The maximum atomic E-state index is 11.1. The van der Waals surface area contributed by atoms with Crippen LogP contribution in [0.4, 0.5) is 0 Å². The van der Waals surface area contributed by atoms with Crippen molar-refractivity contribution in [3.63, 3.8) is 0 Å². The van der Waals surface area contributed by atoms with E-state index in [1.54, 1.807) is 18.8 Å². The summed E-state index contributed by atoms with van der Waals surface area (Å²) < 4.78 is 0. The molecule has 0 aliphatic rings. The Morgan fingerprint density at radius 1 is 1.39 bits per heavy atom. The highest BCUT2D eigenvalue weighted by Gasteiger charge is 2.01. The van der Waals surface area contributed by atoms with Gasteiger partial charge in [-0.2, -0.15) is 0 Å². The van der Waals surface area contributed by atoms with E-state index in [9.17, 15) is 4.79 Å². The lowest BCUT2D eigenvalue weighted by Crippen LogP contribution is -2.21. The molecule has 0 radical (unpaired) electrons. The molecule has 1 aromatic rings. The molecule has 0 saturated carbocycles. The monoisotopic (exact) mass is 266 g/mol. The molecule has 0 aliphatic carbocycles. The Morgan fingerprint density at radius 2 is 2.17 bits per heavy atom. The van der Waals surface area contributed by atoms with E-state index < -0.39 is 0 Å². The van der Waals surface area contributed by atoms with Crippen LogP contribution in [-0.2, 0) is 11.3 Å². The SMILES string of the molecule is CNC(=O)CCSc1cccc(CNC(C)C)c1. The second kappa shape index (κ2) is 8.16. The predicted octanol–water partition coefficient (Wildman–Crippen LogP) is 2.41. The van der Waals surface area contributed by atoms with E-state index in [0.717, 1.165) is 12.3 Å². The van der Waals surface area contributed by atoms with E-state index in [1.165, 1.54) is 10.5 Å². The van der Waals surface area contributed by atoms with Gasteiger partial charge < -0.3 is 10.6 Å². The molecular formula is C14H22N2OS. The zero-order chi connectivity index (χ0) is 13.4. The lowest BCUT2D eigenvalue weighted by atomic mass is 10.2. The van der Waals surface area contributed by atoms with Crippen molar-refractivity contribution >= 4 is 17.7 Å². The van der Waals surface area contributed by atoms with E-state index in [2.05, 4.69) is 48.7 Å². The minimum absolute atomic E-state index is 0.0973. The Labute approximate surface area is 114 Å². The summed E-state index contributed by atoms with van der Waals surface area (Å²) >= 11 is 1.72. The zero-order valence-electron chi connectivity index (χ0n) is 11.3. The van der Waals surface area contributed by atoms with Crippen LogP contribution in [0.3, 0.4) is 0 Å². The van der Waals surface area contributed by atoms with Crippen molar-refractivity contribution in [3.8, 4) is 0 Å². The summed E-state index contributed by atoms with van der Waals surface area (Å²) in [6, 6.07) is 8.96. The van der Waals surface area contributed by atoms with E-state index >= 15 is 0 Å². The summed E-state index contributed by atoms with van der Waals surface area (Å²) in [6.45, 7) is 5.17. The second-order valence-corrected chi connectivity index (χ2v) is 5.62. The number of thioether (sulfide) groups is 1. The van der Waals surface area contributed by atoms with Gasteiger partial charge in [0.2, 0.25) is 5.91 Å². The van der Waals surface area contributed by atoms with Crippen molar-refractivity contribution in [1.82, 2.24) is 10.6 Å². The molecule has 3 nitrogen and oxygen atoms in total. The smallest absolute Gasteiger partial charge is 0.220 e. The minimum Gasteiger partial charge on any atom is -0.359 e.